The Morgan fingerprint density at radius 2 is 2.00 bits per heavy atom. The SMILES string of the molecule is O=C(C1COc2ccccc2O1)N1CC2CC1CS2(=O)=O. The third-order valence-corrected chi connectivity index (χ3v) is 6.58. The molecule has 3 aliphatic rings. The average Bonchev–Trinajstić information content (AvgIpc) is 3.02. The van der Waals surface area contributed by atoms with E-state index in [9.17, 15) is 13.2 Å². The Morgan fingerprint density at radius 1 is 1.24 bits per heavy atom. The van der Waals surface area contributed by atoms with Gasteiger partial charge in [0.2, 0.25) is 6.10 Å². The normalized spacial score (nSPS) is 32.2. The number of rotatable bonds is 1. The van der Waals surface area contributed by atoms with Gasteiger partial charge in [0, 0.05) is 12.6 Å². The Kier molecular flexibility index (Phi) is 2.69. The number of benzene rings is 1. The molecule has 112 valence electrons. The molecule has 3 atom stereocenters. The first-order chi connectivity index (χ1) is 10.0. The third-order valence-electron chi connectivity index (χ3n) is 4.38. The number of nitrogens with zero attached hydrogens (tertiary/aromatic N) is 1. The molecule has 1 aromatic carbocycles. The predicted octanol–water partition coefficient (Wildman–Crippen LogP) is 0.224. The summed E-state index contributed by atoms with van der Waals surface area (Å²) in [6.45, 7) is 0.448. The number of hydrogen-bond acceptors (Lipinski definition) is 5. The van der Waals surface area contributed by atoms with E-state index in [1.165, 1.54) is 0 Å². The first-order valence-corrected chi connectivity index (χ1v) is 8.67. The van der Waals surface area contributed by atoms with Gasteiger partial charge in [0.25, 0.3) is 5.91 Å². The zero-order valence-electron chi connectivity index (χ0n) is 11.3. The number of para-hydroxylation sites is 2. The zero-order chi connectivity index (χ0) is 14.6. The van der Waals surface area contributed by atoms with Crippen molar-refractivity contribution in [2.75, 3.05) is 18.9 Å². The van der Waals surface area contributed by atoms with Gasteiger partial charge < -0.3 is 14.4 Å². The molecular weight excluding hydrogens is 294 g/mol. The lowest BCUT2D eigenvalue weighted by molar-refractivity contribution is -0.141. The van der Waals surface area contributed by atoms with E-state index < -0.39 is 21.2 Å². The van der Waals surface area contributed by atoms with Crippen molar-refractivity contribution in [3.63, 3.8) is 0 Å². The van der Waals surface area contributed by atoms with Crippen LogP contribution in [0.4, 0.5) is 0 Å². The lowest BCUT2D eigenvalue weighted by Crippen LogP contribution is -2.51. The van der Waals surface area contributed by atoms with Gasteiger partial charge in [-0.05, 0) is 18.6 Å². The number of hydrogen-bond donors (Lipinski definition) is 0. The molecule has 2 saturated heterocycles. The van der Waals surface area contributed by atoms with Gasteiger partial charge in [-0.2, -0.15) is 0 Å². The highest BCUT2D eigenvalue weighted by Gasteiger charge is 2.51. The Bertz CT molecular complexity index is 701. The van der Waals surface area contributed by atoms with Crippen LogP contribution >= 0.6 is 0 Å². The lowest BCUT2D eigenvalue weighted by atomic mass is 10.2. The molecule has 0 N–H and O–H groups in total. The van der Waals surface area contributed by atoms with E-state index in [0.29, 0.717) is 17.9 Å². The second-order valence-electron chi connectivity index (χ2n) is 5.70. The summed E-state index contributed by atoms with van der Waals surface area (Å²) in [6, 6.07) is 7.01. The predicted molar refractivity (Wildman–Crippen MR) is 74.0 cm³/mol. The van der Waals surface area contributed by atoms with E-state index in [-0.39, 0.29) is 30.9 Å². The summed E-state index contributed by atoms with van der Waals surface area (Å²) in [7, 11) is -3.00. The van der Waals surface area contributed by atoms with E-state index in [4.69, 9.17) is 9.47 Å². The van der Waals surface area contributed by atoms with Crippen LogP contribution in [0.25, 0.3) is 0 Å². The monoisotopic (exact) mass is 309 g/mol. The van der Waals surface area contributed by atoms with E-state index >= 15 is 0 Å². The zero-order valence-corrected chi connectivity index (χ0v) is 12.1. The van der Waals surface area contributed by atoms with E-state index in [1.54, 1.807) is 17.0 Å². The number of carbonyl (C=O) groups is 1. The fraction of sp³-hybridized carbons (Fsp3) is 0.500. The summed E-state index contributed by atoms with van der Waals surface area (Å²) < 4.78 is 34.7. The molecule has 3 heterocycles. The largest absolute Gasteiger partial charge is 0.485 e. The highest BCUT2D eigenvalue weighted by atomic mass is 32.2. The van der Waals surface area contributed by atoms with Crippen LogP contribution in [0.3, 0.4) is 0 Å². The van der Waals surface area contributed by atoms with E-state index in [1.807, 2.05) is 12.1 Å². The van der Waals surface area contributed by atoms with Gasteiger partial charge in [-0.1, -0.05) is 12.1 Å². The van der Waals surface area contributed by atoms with Gasteiger partial charge in [-0.15, -0.1) is 0 Å². The van der Waals surface area contributed by atoms with Crippen molar-refractivity contribution in [1.82, 2.24) is 4.90 Å². The highest BCUT2D eigenvalue weighted by molar-refractivity contribution is 7.92. The summed E-state index contributed by atoms with van der Waals surface area (Å²) in [6.07, 6.45) is -0.139. The molecule has 6 nitrogen and oxygen atoms in total. The van der Waals surface area contributed by atoms with Crippen LogP contribution in [0.1, 0.15) is 6.42 Å². The summed E-state index contributed by atoms with van der Waals surface area (Å²) in [5.74, 6) is 1.09. The van der Waals surface area contributed by atoms with Crippen LogP contribution in [0.2, 0.25) is 0 Å². The number of amides is 1. The van der Waals surface area contributed by atoms with Crippen LogP contribution in [0, 0.1) is 0 Å². The molecule has 0 aliphatic carbocycles. The molecular formula is C14H15NO5S. The standard InChI is InChI=1S/C14H15NO5S/c16-14(15-6-10-5-9(15)8-21(10,17)18)13-7-19-11-3-1-2-4-12(11)20-13/h1-4,9-10,13H,5-8H2. The smallest absolute Gasteiger partial charge is 0.267 e. The van der Waals surface area contributed by atoms with Crippen molar-refractivity contribution in [2.24, 2.45) is 0 Å². The van der Waals surface area contributed by atoms with Crippen molar-refractivity contribution >= 4 is 15.7 Å². The molecule has 1 aromatic rings. The maximum absolute atomic E-state index is 12.5. The minimum atomic E-state index is -3.00. The van der Waals surface area contributed by atoms with Gasteiger partial charge in [-0.3, -0.25) is 4.79 Å². The Labute approximate surface area is 122 Å². The van der Waals surface area contributed by atoms with Gasteiger partial charge in [0.15, 0.2) is 21.3 Å². The summed E-state index contributed by atoms with van der Waals surface area (Å²) in [5.41, 5.74) is 0. The minimum absolute atomic E-state index is 0.0770. The molecule has 2 fully saturated rings. The minimum Gasteiger partial charge on any atom is -0.485 e. The molecule has 0 spiro atoms. The maximum atomic E-state index is 12.5. The number of sulfone groups is 1. The summed E-state index contributed by atoms with van der Waals surface area (Å²) >= 11 is 0. The fourth-order valence-corrected chi connectivity index (χ4v) is 5.32. The molecule has 7 heteroatoms. The van der Waals surface area contributed by atoms with Crippen LogP contribution in [-0.2, 0) is 14.6 Å². The molecule has 0 saturated carbocycles. The lowest BCUT2D eigenvalue weighted by Gasteiger charge is -2.32. The summed E-state index contributed by atoms with van der Waals surface area (Å²) in [5, 5.41) is -0.400. The van der Waals surface area contributed by atoms with Crippen molar-refractivity contribution < 1.29 is 22.7 Å². The highest BCUT2D eigenvalue weighted by Crippen LogP contribution is 2.35. The number of likely N-dealkylation sites (tertiary alicyclic amines) is 1. The van der Waals surface area contributed by atoms with Crippen molar-refractivity contribution in [3.8, 4) is 11.5 Å². The quantitative estimate of drug-likeness (QED) is 0.742. The van der Waals surface area contributed by atoms with Crippen LogP contribution in [0.15, 0.2) is 24.3 Å². The maximum Gasteiger partial charge on any atom is 0.267 e. The molecule has 0 radical (unpaired) electrons. The molecule has 2 bridgehead atoms. The number of ether oxygens (including phenoxy) is 2. The molecule has 1 amide bonds. The molecule has 4 rings (SSSR count). The van der Waals surface area contributed by atoms with Crippen molar-refractivity contribution in [1.29, 1.82) is 0 Å². The summed E-state index contributed by atoms with van der Waals surface area (Å²) in [4.78, 5) is 14.2. The molecule has 0 aromatic heterocycles. The third kappa shape index (κ3) is 1.98. The average molecular weight is 309 g/mol. The van der Waals surface area contributed by atoms with Crippen molar-refractivity contribution in [3.05, 3.63) is 24.3 Å². The Morgan fingerprint density at radius 3 is 2.67 bits per heavy atom. The first kappa shape index (κ1) is 12.9. The number of carbonyl (C=O) groups excluding carboxylic acids is 1. The number of fused-ring (bicyclic) bond motifs is 3. The second-order valence-corrected chi connectivity index (χ2v) is 8.02. The van der Waals surface area contributed by atoms with Gasteiger partial charge >= 0.3 is 0 Å². The molecule has 3 aliphatic heterocycles. The molecule has 21 heavy (non-hydrogen) atoms. The first-order valence-electron chi connectivity index (χ1n) is 6.95. The van der Waals surface area contributed by atoms with Crippen LogP contribution in [0.5, 0.6) is 11.5 Å². The van der Waals surface area contributed by atoms with Crippen LogP contribution < -0.4 is 9.47 Å². The van der Waals surface area contributed by atoms with E-state index in [0.717, 1.165) is 0 Å². The van der Waals surface area contributed by atoms with Crippen molar-refractivity contribution in [2.45, 2.75) is 23.8 Å². The molecule has 3 unspecified atom stereocenters. The van der Waals surface area contributed by atoms with Crippen LogP contribution in [-0.4, -0.2) is 55.5 Å². The fourth-order valence-electron chi connectivity index (χ4n) is 3.29. The Balaban J connectivity index is 1.51. The van der Waals surface area contributed by atoms with Gasteiger partial charge in [0.05, 0.1) is 11.0 Å². The van der Waals surface area contributed by atoms with Gasteiger partial charge in [0.1, 0.15) is 6.61 Å². The van der Waals surface area contributed by atoms with Gasteiger partial charge in [-0.25, -0.2) is 8.42 Å². The Hall–Kier alpha value is -1.76. The van der Waals surface area contributed by atoms with E-state index in [2.05, 4.69) is 0 Å². The second kappa shape index (κ2) is 4.37. The topological polar surface area (TPSA) is 72.9 Å².